The molecule has 3 rings (SSSR count). The Morgan fingerprint density at radius 2 is 1.80 bits per heavy atom. The van der Waals surface area contributed by atoms with Gasteiger partial charge in [0.25, 0.3) is 5.91 Å². The highest BCUT2D eigenvalue weighted by molar-refractivity contribution is 7.18. The minimum Gasteiger partial charge on any atom is -0.481 e. The summed E-state index contributed by atoms with van der Waals surface area (Å²) in [5, 5.41) is 12.7. The number of benzene rings is 2. The lowest BCUT2D eigenvalue weighted by molar-refractivity contribution is -0.122. The zero-order valence-corrected chi connectivity index (χ0v) is 15.3. The number of halogens is 1. The highest BCUT2D eigenvalue weighted by atomic mass is 35.5. The molecular formula is C18H16ClN3O2S. The fourth-order valence-corrected chi connectivity index (χ4v) is 2.94. The summed E-state index contributed by atoms with van der Waals surface area (Å²) in [5.74, 6) is 0.284. The van der Waals surface area contributed by atoms with E-state index in [4.69, 9.17) is 16.3 Å². The Labute approximate surface area is 154 Å². The van der Waals surface area contributed by atoms with Gasteiger partial charge < -0.3 is 4.74 Å². The number of anilines is 1. The van der Waals surface area contributed by atoms with Crippen LogP contribution in [0.1, 0.15) is 12.5 Å². The van der Waals surface area contributed by atoms with Crippen molar-refractivity contribution in [1.82, 2.24) is 10.2 Å². The predicted molar refractivity (Wildman–Crippen MR) is 100 cm³/mol. The topological polar surface area (TPSA) is 64.1 Å². The molecule has 1 heterocycles. The number of aryl methyl sites for hydroxylation is 1. The van der Waals surface area contributed by atoms with Crippen LogP contribution in [0.5, 0.6) is 5.75 Å². The van der Waals surface area contributed by atoms with Crippen molar-refractivity contribution < 1.29 is 9.53 Å². The third kappa shape index (κ3) is 4.55. The van der Waals surface area contributed by atoms with Gasteiger partial charge in [0.1, 0.15) is 10.8 Å². The van der Waals surface area contributed by atoms with Gasteiger partial charge in [-0.05, 0) is 38.1 Å². The first kappa shape index (κ1) is 17.4. The van der Waals surface area contributed by atoms with E-state index in [2.05, 4.69) is 15.5 Å². The summed E-state index contributed by atoms with van der Waals surface area (Å²) in [5.41, 5.74) is 2.14. The van der Waals surface area contributed by atoms with E-state index in [-0.39, 0.29) is 5.91 Å². The van der Waals surface area contributed by atoms with Gasteiger partial charge in [-0.1, -0.05) is 52.8 Å². The maximum Gasteiger partial charge on any atom is 0.266 e. The summed E-state index contributed by atoms with van der Waals surface area (Å²) in [6.45, 7) is 3.70. The van der Waals surface area contributed by atoms with E-state index >= 15 is 0 Å². The van der Waals surface area contributed by atoms with Crippen LogP contribution in [0.3, 0.4) is 0 Å². The average molecular weight is 374 g/mol. The second-order valence-electron chi connectivity index (χ2n) is 5.48. The van der Waals surface area contributed by atoms with E-state index in [0.29, 0.717) is 15.9 Å². The lowest BCUT2D eigenvalue weighted by Crippen LogP contribution is -2.30. The van der Waals surface area contributed by atoms with Crippen molar-refractivity contribution in [2.75, 3.05) is 5.32 Å². The molecule has 0 spiro atoms. The van der Waals surface area contributed by atoms with Gasteiger partial charge in [0.05, 0.1) is 0 Å². The fraction of sp³-hybridized carbons (Fsp3) is 0.167. The van der Waals surface area contributed by atoms with Crippen LogP contribution in [0.4, 0.5) is 5.13 Å². The lowest BCUT2D eigenvalue weighted by Gasteiger charge is -2.13. The lowest BCUT2D eigenvalue weighted by atomic mass is 10.2. The van der Waals surface area contributed by atoms with Gasteiger partial charge in [0.2, 0.25) is 5.13 Å². The second-order valence-corrected chi connectivity index (χ2v) is 6.90. The van der Waals surface area contributed by atoms with E-state index in [1.165, 1.54) is 16.9 Å². The molecule has 0 fully saturated rings. The second kappa shape index (κ2) is 7.63. The van der Waals surface area contributed by atoms with E-state index in [1.807, 2.05) is 31.2 Å². The summed E-state index contributed by atoms with van der Waals surface area (Å²) in [6.07, 6.45) is -0.673. The van der Waals surface area contributed by atoms with Gasteiger partial charge in [-0.25, -0.2) is 0 Å². The molecule has 3 aromatic rings. The monoisotopic (exact) mass is 373 g/mol. The zero-order valence-electron chi connectivity index (χ0n) is 13.7. The molecule has 0 radical (unpaired) electrons. The molecule has 1 amide bonds. The Hall–Kier alpha value is -2.44. The molecule has 5 nitrogen and oxygen atoms in total. The van der Waals surface area contributed by atoms with Crippen LogP contribution in [-0.4, -0.2) is 22.2 Å². The molecule has 1 atom stereocenters. The van der Waals surface area contributed by atoms with Crippen molar-refractivity contribution in [1.29, 1.82) is 0 Å². The summed E-state index contributed by atoms with van der Waals surface area (Å²) in [4.78, 5) is 12.3. The van der Waals surface area contributed by atoms with Crippen LogP contribution in [0.2, 0.25) is 5.02 Å². The average Bonchev–Trinajstić information content (AvgIpc) is 3.06. The molecule has 0 aliphatic carbocycles. The first-order valence-electron chi connectivity index (χ1n) is 7.65. The first-order chi connectivity index (χ1) is 12.0. The summed E-state index contributed by atoms with van der Waals surface area (Å²) >= 11 is 7.15. The molecule has 1 aromatic heterocycles. The molecule has 0 aliphatic rings. The third-order valence-electron chi connectivity index (χ3n) is 3.45. The molecule has 128 valence electrons. The molecule has 7 heteroatoms. The Bertz CT molecular complexity index is 863. The van der Waals surface area contributed by atoms with E-state index in [9.17, 15) is 4.79 Å². The van der Waals surface area contributed by atoms with Crippen LogP contribution in [0.25, 0.3) is 10.6 Å². The van der Waals surface area contributed by atoms with Gasteiger partial charge in [-0.3, -0.25) is 10.1 Å². The third-order valence-corrected chi connectivity index (χ3v) is 4.59. The Kier molecular flexibility index (Phi) is 5.31. The first-order valence-corrected chi connectivity index (χ1v) is 8.84. The van der Waals surface area contributed by atoms with Crippen molar-refractivity contribution in [2.24, 2.45) is 0 Å². The minimum atomic E-state index is -0.673. The molecule has 2 aromatic carbocycles. The van der Waals surface area contributed by atoms with Crippen LogP contribution in [-0.2, 0) is 4.79 Å². The Morgan fingerprint density at radius 1 is 1.12 bits per heavy atom. The number of hydrogen-bond donors (Lipinski definition) is 1. The van der Waals surface area contributed by atoms with E-state index in [0.717, 1.165) is 10.6 Å². The Balaban J connectivity index is 1.62. The van der Waals surface area contributed by atoms with Crippen LogP contribution < -0.4 is 10.1 Å². The van der Waals surface area contributed by atoms with Crippen molar-refractivity contribution in [3.05, 3.63) is 59.1 Å². The van der Waals surface area contributed by atoms with Crippen LogP contribution in [0.15, 0.2) is 48.5 Å². The minimum absolute atomic E-state index is 0.290. The molecule has 0 saturated carbocycles. The van der Waals surface area contributed by atoms with E-state index < -0.39 is 6.10 Å². The maximum atomic E-state index is 12.3. The van der Waals surface area contributed by atoms with Crippen molar-refractivity contribution in [2.45, 2.75) is 20.0 Å². The van der Waals surface area contributed by atoms with E-state index in [1.54, 1.807) is 31.2 Å². The maximum absolute atomic E-state index is 12.3. The summed E-state index contributed by atoms with van der Waals surface area (Å²) in [7, 11) is 0. The van der Waals surface area contributed by atoms with Gasteiger partial charge >= 0.3 is 0 Å². The number of carbonyl (C=O) groups is 1. The highest BCUT2D eigenvalue weighted by Crippen LogP contribution is 2.26. The summed E-state index contributed by atoms with van der Waals surface area (Å²) < 4.78 is 5.59. The number of nitrogens with zero attached hydrogens (tertiary/aromatic N) is 2. The quantitative estimate of drug-likeness (QED) is 0.711. The molecule has 0 aliphatic heterocycles. The smallest absolute Gasteiger partial charge is 0.266 e. The number of ether oxygens (including phenoxy) is 1. The molecule has 1 N–H and O–H groups in total. The van der Waals surface area contributed by atoms with Gasteiger partial charge in [0.15, 0.2) is 6.10 Å². The largest absolute Gasteiger partial charge is 0.481 e. The molecule has 0 unspecified atom stereocenters. The van der Waals surface area contributed by atoms with Crippen molar-refractivity contribution in [3.63, 3.8) is 0 Å². The van der Waals surface area contributed by atoms with Gasteiger partial charge in [-0.15, -0.1) is 10.2 Å². The number of carbonyl (C=O) groups excluding carboxylic acids is 1. The molecular weight excluding hydrogens is 358 g/mol. The van der Waals surface area contributed by atoms with Gasteiger partial charge in [0, 0.05) is 10.6 Å². The fourth-order valence-electron chi connectivity index (χ4n) is 2.06. The van der Waals surface area contributed by atoms with Gasteiger partial charge in [-0.2, -0.15) is 0 Å². The van der Waals surface area contributed by atoms with Crippen LogP contribution in [0, 0.1) is 6.92 Å². The normalized spacial score (nSPS) is 11.8. The number of nitrogens with one attached hydrogen (secondary N) is 1. The summed E-state index contributed by atoms with van der Waals surface area (Å²) in [6, 6.07) is 14.8. The zero-order chi connectivity index (χ0) is 17.8. The number of rotatable bonds is 5. The van der Waals surface area contributed by atoms with Crippen LogP contribution >= 0.6 is 22.9 Å². The number of amides is 1. The standard InChI is InChI=1S/C18H16ClN3O2S/c1-11-3-5-13(6-4-11)17-21-22-18(25-17)20-16(23)12(2)24-15-9-7-14(19)8-10-15/h3-10,12H,1-2H3,(H,20,22,23)/t12-/m1/s1. The SMILES string of the molecule is Cc1ccc(-c2nnc(NC(=O)[C@@H](C)Oc3ccc(Cl)cc3)s2)cc1. The number of hydrogen-bond acceptors (Lipinski definition) is 5. The van der Waals surface area contributed by atoms with Crippen molar-refractivity contribution >= 4 is 34.0 Å². The molecule has 0 saturated heterocycles. The number of aromatic nitrogens is 2. The van der Waals surface area contributed by atoms with Crippen molar-refractivity contribution in [3.8, 4) is 16.3 Å². The Morgan fingerprint density at radius 3 is 2.48 bits per heavy atom. The molecule has 0 bridgehead atoms. The predicted octanol–water partition coefficient (Wildman–Crippen LogP) is 4.57. The molecule has 25 heavy (non-hydrogen) atoms. The highest BCUT2D eigenvalue weighted by Gasteiger charge is 2.17.